The molecule has 1 aromatic heterocycles. The van der Waals surface area contributed by atoms with E-state index in [0.29, 0.717) is 13.1 Å². The zero-order valence-corrected chi connectivity index (χ0v) is 15.2. The fraction of sp³-hybridized carbons (Fsp3) is 0.400. The normalized spacial score (nSPS) is 13.7. The van der Waals surface area contributed by atoms with Gasteiger partial charge >= 0.3 is 0 Å². The van der Waals surface area contributed by atoms with Crippen LogP contribution in [0.15, 0.2) is 42.6 Å². The van der Waals surface area contributed by atoms with Crippen LogP contribution in [0.4, 0.5) is 5.82 Å². The number of benzene rings is 1. The predicted octanol–water partition coefficient (Wildman–Crippen LogP) is 2.38. The third-order valence-corrected chi connectivity index (χ3v) is 4.52. The summed E-state index contributed by atoms with van der Waals surface area (Å²) in [5.41, 5.74) is 2.04. The minimum Gasteiger partial charge on any atom is -0.496 e. The summed E-state index contributed by atoms with van der Waals surface area (Å²) in [6.07, 6.45) is 4.10. The number of ether oxygens (including phenoxy) is 1. The fourth-order valence-corrected chi connectivity index (χ4v) is 3.09. The van der Waals surface area contributed by atoms with E-state index in [1.54, 1.807) is 7.11 Å². The Balaban J connectivity index is 1.42. The van der Waals surface area contributed by atoms with Crippen LogP contribution in [-0.4, -0.2) is 55.6 Å². The standard InChI is InChI=1S/C20H26N4O2/c1-26-18-7-3-2-6-17(18)16-8-9-19(23-14-16)22-11-10-21-15-20(25)24-12-4-5-13-24/h2-3,6-9,14,21H,4-5,10-13,15H2,1H3,(H,22,23). The average molecular weight is 354 g/mol. The molecule has 2 heterocycles. The molecular weight excluding hydrogens is 328 g/mol. The van der Waals surface area contributed by atoms with Crippen LogP contribution in [0.3, 0.4) is 0 Å². The summed E-state index contributed by atoms with van der Waals surface area (Å²) in [5.74, 6) is 1.85. The summed E-state index contributed by atoms with van der Waals surface area (Å²) in [7, 11) is 1.67. The van der Waals surface area contributed by atoms with E-state index in [-0.39, 0.29) is 5.91 Å². The van der Waals surface area contributed by atoms with Gasteiger partial charge in [-0.2, -0.15) is 0 Å². The van der Waals surface area contributed by atoms with E-state index in [2.05, 4.69) is 15.6 Å². The molecule has 0 aliphatic carbocycles. The molecule has 26 heavy (non-hydrogen) atoms. The van der Waals surface area contributed by atoms with Gasteiger partial charge in [0.15, 0.2) is 0 Å². The summed E-state index contributed by atoms with van der Waals surface area (Å²) >= 11 is 0. The van der Waals surface area contributed by atoms with Gasteiger partial charge in [0.1, 0.15) is 11.6 Å². The molecule has 0 spiro atoms. The van der Waals surface area contributed by atoms with Crippen molar-refractivity contribution in [3.63, 3.8) is 0 Å². The average Bonchev–Trinajstić information content (AvgIpc) is 3.23. The van der Waals surface area contributed by atoms with Crippen molar-refractivity contribution in [1.82, 2.24) is 15.2 Å². The first-order valence-electron chi connectivity index (χ1n) is 9.10. The molecule has 0 atom stereocenters. The Morgan fingerprint density at radius 1 is 1.15 bits per heavy atom. The lowest BCUT2D eigenvalue weighted by Crippen LogP contribution is -2.37. The summed E-state index contributed by atoms with van der Waals surface area (Å²) in [6.45, 7) is 3.65. The number of methoxy groups -OCH3 is 1. The van der Waals surface area contributed by atoms with Crippen LogP contribution in [0.5, 0.6) is 5.75 Å². The highest BCUT2D eigenvalue weighted by Gasteiger charge is 2.16. The van der Waals surface area contributed by atoms with Gasteiger partial charge in [-0.3, -0.25) is 4.79 Å². The second-order valence-electron chi connectivity index (χ2n) is 6.32. The Morgan fingerprint density at radius 2 is 1.96 bits per heavy atom. The number of amides is 1. The highest BCUT2D eigenvalue weighted by atomic mass is 16.5. The summed E-state index contributed by atoms with van der Waals surface area (Å²) in [5, 5.41) is 6.45. The van der Waals surface area contributed by atoms with Crippen LogP contribution in [0.2, 0.25) is 0 Å². The molecule has 0 saturated carbocycles. The molecule has 138 valence electrons. The zero-order valence-electron chi connectivity index (χ0n) is 15.2. The van der Waals surface area contributed by atoms with Crippen LogP contribution in [-0.2, 0) is 4.79 Å². The first kappa shape index (κ1) is 18.2. The Bertz CT molecular complexity index is 712. The third-order valence-electron chi connectivity index (χ3n) is 4.52. The molecule has 0 unspecified atom stereocenters. The van der Waals surface area contributed by atoms with Crippen molar-refractivity contribution >= 4 is 11.7 Å². The van der Waals surface area contributed by atoms with Crippen LogP contribution in [0.25, 0.3) is 11.1 Å². The van der Waals surface area contributed by atoms with Crippen molar-refractivity contribution in [2.24, 2.45) is 0 Å². The first-order valence-corrected chi connectivity index (χ1v) is 9.10. The van der Waals surface area contributed by atoms with Crippen molar-refractivity contribution in [3.05, 3.63) is 42.6 Å². The summed E-state index contributed by atoms with van der Waals surface area (Å²) in [4.78, 5) is 18.3. The predicted molar refractivity (Wildman–Crippen MR) is 103 cm³/mol. The molecule has 3 rings (SSSR count). The first-order chi connectivity index (χ1) is 12.8. The monoisotopic (exact) mass is 354 g/mol. The molecule has 1 fully saturated rings. The van der Waals surface area contributed by atoms with Crippen LogP contribution < -0.4 is 15.4 Å². The van der Waals surface area contributed by atoms with E-state index in [4.69, 9.17) is 4.74 Å². The molecule has 0 radical (unpaired) electrons. The van der Waals surface area contributed by atoms with Crippen LogP contribution in [0, 0.1) is 0 Å². The number of carbonyl (C=O) groups excluding carboxylic acids is 1. The number of aromatic nitrogens is 1. The molecule has 2 N–H and O–H groups in total. The summed E-state index contributed by atoms with van der Waals surface area (Å²) in [6, 6.07) is 11.9. The minimum absolute atomic E-state index is 0.196. The molecule has 0 bridgehead atoms. The number of hydrogen-bond donors (Lipinski definition) is 2. The van der Waals surface area contributed by atoms with Gasteiger partial charge in [-0.25, -0.2) is 4.98 Å². The minimum atomic E-state index is 0.196. The molecule has 2 aromatic rings. The van der Waals surface area contributed by atoms with Gasteiger partial charge in [-0.15, -0.1) is 0 Å². The molecule has 1 aliphatic rings. The Hall–Kier alpha value is -2.60. The molecular formula is C20H26N4O2. The number of nitrogens with one attached hydrogen (secondary N) is 2. The molecule has 1 saturated heterocycles. The molecule has 1 aliphatic heterocycles. The molecule has 6 heteroatoms. The number of nitrogens with zero attached hydrogens (tertiary/aromatic N) is 2. The van der Waals surface area contributed by atoms with Crippen LogP contribution in [0.1, 0.15) is 12.8 Å². The SMILES string of the molecule is COc1ccccc1-c1ccc(NCCNCC(=O)N2CCCC2)nc1. The quantitative estimate of drug-likeness (QED) is 0.713. The molecule has 1 aromatic carbocycles. The maximum atomic E-state index is 11.9. The van der Waals surface area contributed by atoms with E-state index >= 15 is 0 Å². The van der Waals surface area contributed by atoms with Crippen molar-refractivity contribution in [3.8, 4) is 16.9 Å². The fourth-order valence-electron chi connectivity index (χ4n) is 3.09. The van der Waals surface area contributed by atoms with Gasteiger partial charge in [0.2, 0.25) is 5.91 Å². The highest BCUT2D eigenvalue weighted by molar-refractivity contribution is 5.78. The third kappa shape index (κ3) is 4.73. The van der Waals surface area contributed by atoms with E-state index < -0.39 is 0 Å². The van der Waals surface area contributed by atoms with Gasteiger partial charge in [0.05, 0.1) is 13.7 Å². The topological polar surface area (TPSA) is 66.5 Å². The van der Waals surface area contributed by atoms with Crippen molar-refractivity contribution in [2.75, 3.05) is 45.2 Å². The number of rotatable bonds is 8. The molecule has 1 amide bonds. The van der Waals surface area contributed by atoms with Crippen LogP contribution >= 0.6 is 0 Å². The van der Waals surface area contributed by atoms with Crippen molar-refractivity contribution in [2.45, 2.75) is 12.8 Å². The zero-order chi connectivity index (χ0) is 18.2. The van der Waals surface area contributed by atoms with Gasteiger partial charge < -0.3 is 20.3 Å². The smallest absolute Gasteiger partial charge is 0.236 e. The maximum Gasteiger partial charge on any atom is 0.236 e. The number of carbonyl (C=O) groups is 1. The number of para-hydroxylation sites is 1. The summed E-state index contributed by atoms with van der Waals surface area (Å²) < 4.78 is 5.40. The lowest BCUT2D eigenvalue weighted by Gasteiger charge is -2.15. The Labute approximate surface area is 154 Å². The lowest BCUT2D eigenvalue weighted by atomic mass is 10.1. The molecule has 6 nitrogen and oxygen atoms in total. The van der Waals surface area contributed by atoms with E-state index in [9.17, 15) is 4.79 Å². The van der Waals surface area contributed by atoms with Gasteiger partial charge in [-0.1, -0.05) is 18.2 Å². The Kier molecular flexibility index (Phi) is 6.44. The lowest BCUT2D eigenvalue weighted by molar-refractivity contribution is -0.129. The Morgan fingerprint density at radius 3 is 2.69 bits per heavy atom. The number of likely N-dealkylation sites (tertiary alicyclic amines) is 1. The largest absolute Gasteiger partial charge is 0.496 e. The second-order valence-corrected chi connectivity index (χ2v) is 6.32. The highest BCUT2D eigenvalue weighted by Crippen LogP contribution is 2.29. The van der Waals surface area contributed by atoms with Gasteiger partial charge in [-0.05, 0) is 31.0 Å². The van der Waals surface area contributed by atoms with Gasteiger partial charge in [0.25, 0.3) is 0 Å². The van der Waals surface area contributed by atoms with E-state index in [1.165, 1.54) is 0 Å². The number of pyridine rings is 1. The van der Waals surface area contributed by atoms with E-state index in [1.807, 2.05) is 47.5 Å². The van der Waals surface area contributed by atoms with Gasteiger partial charge in [0, 0.05) is 43.5 Å². The number of hydrogen-bond acceptors (Lipinski definition) is 5. The van der Waals surface area contributed by atoms with Crippen molar-refractivity contribution < 1.29 is 9.53 Å². The maximum absolute atomic E-state index is 11.9. The number of anilines is 1. The second kappa shape index (κ2) is 9.20. The van der Waals surface area contributed by atoms with Crippen molar-refractivity contribution in [1.29, 1.82) is 0 Å². The van der Waals surface area contributed by atoms with E-state index in [0.717, 1.165) is 55.2 Å².